The molecule has 42 heavy (non-hydrogen) atoms. The van der Waals surface area contributed by atoms with Crippen LogP contribution < -0.4 is 29.0 Å². The molecule has 1 saturated heterocycles. The van der Waals surface area contributed by atoms with Gasteiger partial charge in [-0.3, -0.25) is 9.88 Å². The zero-order valence-corrected chi connectivity index (χ0v) is 24.0. The maximum absolute atomic E-state index is 9.85. The Morgan fingerprint density at radius 3 is 2.31 bits per heavy atom. The molecule has 1 N–H and O–H groups in total. The van der Waals surface area contributed by atoms with Gasteiger partial charge in [0, 0.05) is 43.0 Å². The molecule has 218 valence electrons. The molecule has 10 heteroatoms. The number of ether oxygens (including phenoxy) is 6. The molecule has 0 amide bonds. The fourth-order valence-corrected chi connectivity index (χ4v) is 4.77. The van der Waals surface area contributed by atoms with Gasteiger partial charge in [0.25, 0.3) is 0 Å². The first kappa shape index (κ1) is 28.8. The SMILES string of the molecule is COc1cc2c(Nc3ccc(Oc4c(OC)cccc4OC)cc3)c(C#N)cnc2cc1OCCCN1CCOCC1. The van der Waals surface area contributed by atoms with E-state index in [9.17, 15) is 5.26 Å². The summed E-state index contributed by atoms with van der Waals surface area (Å²) in [6.07, 6.45) is 2.45. The predicted octanol–water partition coefficient (Wildman–Crippen LogP) is 5.77. The molecule has 0 bridgehead atoms. The summed E-state index contributed by atoms with van der Waals surface area (Å²) in [7, 11) is 4.76. The Bertz CT molecular complexity index is 1530. The molecule has 5 rings (SSSR count). The number of para-hydroxylation sites is 1. The van der Waals surface area contributed by atoms with Crippen LogP contribution in [0, 0.1) is 11.3 Å². The average Bonchev–Trinajstić information content (AvgIpc) is 3.04. The third-order valence-electron chi connectivity index (χ3n) is 6.98. The highest BCUT2D eigenvalue weighted by molar-refractivity contribution is 5.97. The Kier molecular flexibility index (Phi) is 9.44. The van der Waals surface area contributed by atoms with Crippen molar-refractivity contribution in [2.24, 2.45) is 0 Å². The number of fused-ring (bicyclic) bond motifs is 1. The predicted molar refractivity (Wildman–Crippen MR) is 160 cm³/mol. The van der Waals surface area contributed by atoms with Gasteiger partial charge < -0.3 is 33.7 Å². The summed E-state index contributed by atoms with van der Waals surface area (Å²) in [5, 5.41) is 14.0. The van der Waals surface area contributed by atoms with Crippen molar-refractivity contribution in [1.82, 2.24) is 9.88 Å². The lowest BCUT2D eigenvalue weighted by atomic mass is 10.1. The van der Waals surface area contributed by atoms with Crippen molar-refractivity contribution >= 4 is 22.3 Å². The van der Waals surface area contributed by atoms with Crippen molar-refractivity contribution in [3.63, 3.8) is 0 Å². The maximum Gasteiger partial charge on any atom is 0.210 e. The number of hydrogen-bond acceptors (Lipinski definition) is 10. The minimum absolute atomic E-state index is 0.405. The van der Waals surface area contributed by atoms with Crippen LogP contribution in [0.3, 0.4) is 0 Å². The van der Waals surface area contributed by atoms with Crippen LogP contribution >= 0.6 is 0 Å². The van der Waals surface area contributed by atoms with Crippen molar-refractivity contribution < 1.29 is 28.4 Å². The molecule has 0 spiro atoms. The van der Waals surface area contributed by atoms with Crippen LogP contribution in [0.5, 0.6) is 34.5 Å². The molecule has 1 aliphatic rings. The van der Waals surface area contributed by atoms with E-state index in [1.54, 1.807) is 27.5 Å². The standard InChI is InChI=1S/C32H34N4O6/c1-37-27-6-4-7-28(38-2)32(27)42-24-10-8-23(9-11-24)35-31-22(20-33)21-34-26-19-30(29(39-3)18-25(26)31)41-15-5-12-36-13-16-40-17-14-36/h4,6-11,18-19,21H,5,12-17H2,1-3H3,(H,34,35). The number of nitriles is 1. The van der Waals surface area contributed by atoms with E-state index in [0.717, 1.165) is 50.3 Å². The number of pyridine rings is 1. The fourth-order valence-electron chi connectivity index (χ4n) is 4.77. The van der Waals surface area contributed by atoms with Crippen molar-refractivity contribution in [2.45, 2.75) is 6.42 Å². The number of benzene rings is 3. The van der Waals surface area contributed by atoms with Gasteiger partial charge in [-0.15, -0.1) is 0 Å². The van der Waals surface area contributed by atoms with Crippen LogP contribution in [0.2, 0.25) is 0 Å². The Morgan fingerprint density at radius 2 is 1.64 bits per heavy atom. The van der Waals surface area contributed by atoms with E-state index < -0.39 is 0 Å². The molecule has 2 heterocycles. The van der Waals surface area contributed by atoms with Gasteiger partial charge in [-0.1, -0.05) is 6.07 Å². The number of nitrogens with one attached hydrogen (secondary N) is 1. The van der Waals surface area contributed by atoms with Crippen LogP contribution in [0.25, 0.3) is 10.9 Å². The first-order valence-electron chi connectivity index (χ1n) is 13.7. The second kappa shape index (κ2) is 13.8. The molecule has 3 aromatic carbocycles. The van der Waals surface area contributed by atoms with E-state index in [2.05, 4.69) is 21.3 Å². The van der Waals surface area contributed by atoms with Gasteiger partial charge in [0.05, 0.1) is 57.9 Å². The highest BCUT2D eigenvalue weighted by Crippen LogP contribution is 2.41. The summed E-state index contributed by atoms with van der Waals surface area (Å²) >= 11 is 0. The van der Waals surface area contributed by atoms with Crippen LogP contribution in [-0.2, 0) is 4.74 Å². The summed E-state index contributed by atoms with van der Waals surface area (Å²) in [4.78, 5) is 6.90. The number of rotatable bonds is 12. The first-order chi connectivity index (χ1) is 20.6. The summed E-state index contributed by atoms with van der Waals surface area (Å²) < 4.78 is 34.1. The largest absolute Gasteiger partial charge is 0.493 e. The Hall–Kier alpha value is -4.72. The number of anilines is 2. The third-order valence-corrected chi connectivity index (χ3v) is 6.98. The molecule has 0 radical (unpaired) electrons. The zero-order chi connectivity index (χ0) is 29.3. The second-order valence-corrected chi connectivity index (χ2v) is 9.58. The van der Waals surface area contributed by atoms with E-state index in [1.165, 1.54) is 0 Å². The normalized spacial score (nSPS) is 13.3. The van der Waals surface area contributed by atoms with Crippen molar-refractivity contribution in [3.05, 3.63) is 66.4 Å². The molecular formula is C32H34N4O6. The minimum atomic E-state index is 0.405. The summed E-state index contributed by atoms with van der Waals surface area (Å²) in [6, 6.07) is 18.8. The second-order valence-electron chi connectivity index (χ2n) is 9.58. The quantitative estimate of drug-likeness (QED) is 0.211. The highest BCUT2D eigenvalue weighted by Gasteiger charge is 2.16. The van der Waals surface area contributed by atoms with E-state index >= 15 is 0 Å². The molecule has 1 aliphatic heterocycles. The van der Waals surface area contributed by atoms with Crippen LogP contribution in [0.15, 0.2) is 60.8 Å². The van der Waals surface area contributed by atoms with E-state index in [1.807, 2.05) is 54.6 Å². The van der Waals surface area contributed by atoms with E-state index in [0.29, 0.717) is 57.9 Å². The van der Waals surface area contributed by atoms with Crippen molar-refractivity contribution in [1.29, 1.82) is 5.26 Å². The molecule has 0 atom stereocenters. The highest BCUT2D eigenvalue weighted by atomic mass is 16.5. The monoisotopic (exact) mass is 570 g/mol. The fraction of sp³-hybridized carbons (Fsp3) is 0.312. The lowest BCUT2D eigenvalue weighted by molar-refractivity contribution is 0.0357. The molecular weight excluding hydrogens is 536 g/mol. The van der Waals surface area contributed by atoms with Crippen molar-refractivity contribution in [3.8, 4) is 40.6 Å². The number of methoxy groups -OCH3 is 3. The van der Waals surface area contributed by atoms with Crippen LogP contribution in [0.4, 0.5) is 11.4 Å². The number of aromatic nitrogens is 1. The lowest BCUT2D eigenvalue weighted by Gasteiger charge is -2.26. The Labute approximate surface area is 245 Å². The molecule has 1 fully saturated rings. The smallest absolute Gasteiger partial charge is 0.210 e. The molecule has 0 saturated carbocycles. The van der Waals surface area contributed by atoms with Gasteiger partial charge in [0.2, 0.25) is 5.75 Å². The third kappa shape index (κ3) is 6.60. The molecule has 10 nitrogen and oxygen atoms in total. The number of nitrogens with zero attached hydrogens (tertiary/aromatic N) is 3. The number of morpholine rings is 1. The van der Waals surface area contributed by atoms with Gasteiger partial charge in [0.15, 0.2) is 23.0 Å². The van der Waals surface area contributed by atoms with Crippen molar-refractivity contribution in [2.75, 3.05) is 66.1 Å². The molecule has 4 aromatic rings. The zero-order valence-electron chi connectivity index (χ0n) is 24.0. The molecule has 1 aromatic heterocycles. The molecule has 0 aliphatic carbocycles. The minimum Gasteiger partial charge on any atom is -0.493 e. The summed E-state index contributed by atoms with van der Waals surface area (Å²) in [5.74, 6) is 3.40. The van der Waals surface area contributed by atoms with Gasteiger partial charge in [-0.2, -0.15) is 5.26 Å². The summed E-state index contributed by atoms with van der Waals surface area (Å²) in [6.45, 7) is 4.96. The van der Waals surface area contributed by atoms with Gasteiger partial charge >= 0.3 is 0 Å². The maximum atomic E-state index is 9.85. The van der Waals surface area contributed by atoms with Gasteiger partial charge in [-0.05, 0) is 48.9 Å². The first-order valence-corrected chi connectivity index (χ1v) is 13.7. The lowest BCUT2D eigenvalue weighted by Crippen LogP contribution is -2.37. The Morgan fingerprint density at radius 1 is 0.929 bits per heavy atom. The van der Waals surface area contributed by atoms with Crippen LogP contribution in [0.1, 0.15) is 12.0 Å². The van der Waals surface area contributed by atoms with Gasteiger partial charge in [0.1, 0.15) is 11.8 Å². The average molecular weight is 571 g/mol. The molecule has 0 unspecified atom stereocenters. The van der Waals surface area contributed by atoms with E-state index in [4.69, 9.17) is 28.4 Å². The van der Waals surface area contributed by atoms with Gasteiger partial charge in [-0.25, -0.2) is 0 Å². The van der Waals surface area contributed by atoms with Crippen LogP contribution in [-0.4, -0.2) is 70.7 Å². The summed E-state index contributed by atoms with van der Waals surface area (Å²) in [5.41, 5.74) is 2.48. The van der Waals surface area contributed by atoms with E-state index in [-0.39, 0.29) is 0 Å². The number of hydrogen-bond donors (Lipinski definition) is 1. The Balaban J connectivity index is 1.34. The topological polar surface area (TPSA) is 107 Å².